The molecule has 2 N–H and O–H groups in total. The molecule has 2 unspecified atom stereocenters. The summed E-state index contributed by atoms with van der Waals surface area (Å²) in [5.74, 6) is 0.647. The molecule has 0 saturated carbocycles. The van der Waals surface area contributed by atoms with Crippen molar-refractivity contribution in [2.24, 2.45) is 4.99 Å². The van der Waals surface area contributed by atoms with Crippen LogP contribution in [0.2, 0.25) is 0 Å². The Kier molecular flexibility index (Phi) is 11.9. The van der Waals surface area contributed by atoms with Crippen LogP contribution in [0.4, 0.5) is 0 Å². The van der Waals surface area contributed by atoms with Crippen LogP contribution in [0.3, 0.4) is 0 Å². The predicted octanol–water partition coefficient (Wildman–Crippen LogP) is 2.74. The summed E-state index contributed by atoms with van der Waals surface area (Å²) in [4.78, 5) is 17.7. The molecule has 0 spiro atoms. The summed E-state index contributed by atoms with van der Waals surface area (Å²) < 4.78 is 0. The largest absolute Gasteiger partial charge is 0.355 e. The summed E-state index contributed by atoms with van der Waals surface area (Å²) in [6.45, 7) is 5.17. The van der Waals surface area contributed by atoms with E-state index in [0.717, 1.165) is 6.54 Å². The molecule has 0 radical (unpaired) electrons. The van der Waals surface area contributed by atoms with Crippen LogP contribution in [0.1, 0.15) is 25.5 Å². The Balaban J connectivity index is 0.00000529. The Hall–Kier alpha value is -0.960. The number of rotatable bonds is 7. The molecule has 1 aromatic rings. The Labute approximate surface area is 167 Å². The second kappa shape index (κ2) is 12.4. The topological polar surface area (TPSA) is 56.7 Å². The van der Waals surface area contributed by atoms with Gasteiger partial charge in [-0.1, -0.05) is 37.3 Å². The monoisotopic (exact) mass is 464 g/mol. The fraction of sp³-hybridized carbons (Fsp3) is 0.529. The molecular formula is C17H29IN4OS. The van der Waals surface area contributed by atoms with Crippen LogP contribution in [0.5, 0.6) is 0 Å². The van der Waals surface area contributed by atoms with E-state index in [1.54, 1.807) is 30.8 Å². The molecule has 136 valence electrons. The van der Waals surface area contributed by atoms with Crippen molar-refractivity contribution in [3.05, 3.63) is 35.9 Å². The van der Waals surface area contributed by atoms with Gasteiger partial charge in [0.05, 0.1) is 6.04 Å². The van der Waals surface area contributed by atoms with Gasteiger partial charge in [0.15, 0.2) is 5.96 Å². The number of aliphatic imine (C=N–C) groups is 1. The van der Waals surface area contributed by atoms with Gasteiger partial charge in [-0.05, 0) is 18.7 Å². The molecular weight excluding hydrogens is 435 g/mol. The molecule has 5 nitrogen and oxygen atoms in total. The zero-order chi connectivity index (χ0) is 17.2. The number of carbonyl (C=O) groups excluding carboxylic acids is 1. The van der Waals surface area contributed by atoms with E-state index < -0.39 is 0 Å². The van der Waals surface area contributed by atoms with Crippen LogP contribution in [0, 0.1) is 0 Å². The molecule has 0 fully saturated rings. The molecule has 0 heterocycles. The van der Waals surface area contributed by atoms with Crippen LogP contribution in [-0.4, -0.2) is 55.5 Å². The van der Waals surface area contributed by atoms with Gasteiger partial charge in [-0.15, -0.1) is 24.0 Å². The highest BCUT2D eigenvalue weighted by Gasteiger charge is 2.10. The van der Waals surface area contributed by atoms with E-state index in [2.05, 4.69) is 47.9 Å². The SMILES string of the molecule is CSC(C)CNC(=NCC(=O)N(C)C)NC(C)c1ccccc1.I. The molecule has 1 aromatic carbocycles. The van der Waals surface area contributed by atoms with Crippen LogP contribution < -0.4 is 10.6 Å². The van der Waals surface area contributed by atoms with Gasteiger partial charge in [-0.3, -0.25) is 4.79 Å². The first-order chi connectivity index (χ1) is 10.9. The molecule has 2 atom stereocenters. The number of thioether (sulfide) groups is 1. The van der Waals surface area contributed by atoms with Crippen molar-refractivity contribution < 1.29 is 4.79 Å². The van der Waals surface area contributed by atoms with Gasteiger partial charge in [-0.2, -0.15) is 11.8 Å². The number of likely N-dealkylation sites (N-methyl/N-ethyl adjacent to an activating group) is 1. The molecule has 0 aliphatic rings. The summed E-state index contributed by atoms with van der Waals surface area (Å²) in [5.41, 5.74) is 1.18. The normalized spacial score (nSPS) is 13.5. The summed E-state index contributed by atoms with van der Waals surface area (Å²) in [7, 11) is 3.47. The molecule has 1 rings (SSSR count). The minimum Gasteiger partial charge on any atom is -0.355 e. The van der Waals surface area contributed by atoms with Crippen molar-refractivity contribution in [3.8, 4) is 0 Å². The van der Waals surface area contributed by atoms with E-state index >= 15 is 0 Å². The van der Waals surface area contributed by atoms with Crippen molar-refractivity contribution in [2.75, 3.05) is 33.4 Å². The number of carbonyl (C=O) groups is 1. The third kappa shape index (κ3) is 8.77. The van der Waals surface area contributed by atoms with Gasteiger partial charge in [0.1, 0.15) is 6.54 Å². The van der Waals surface area contributed by atoms with E-state index in [4.69, 9.17) is 0 Å². The van der Waals surface area contributed by atoms with E-state index in [-0.39, 0.29) is 42.5 Å². The zero-order valence-electron chi connectivity index (χ0n) is 15.1. The predicted molar refractivity (Wildman–Crippen MR) is 115 cm³/mol. The first kappa shape index (κ1) is 23.0. The maximum atomic E-state index is 11.8. The zero-order valence-corrected chi connectivity index (χ0v) is 18.2. The molecule has 0 aliphatic carbocycles. The van der Waals surface area contributed by atoms with Gasteiger partial charge < -0.3 is 15.5 Å². The fourth-order valence-electron chi connectivity index (χ4n) is 1.79. The Morgan fingerprint density at radius 1 is 1.25 bits per heavy atom. The molecule has 1 amide bonds. The van der Waals surface area contributed by atoms with Gasteiger partial charge in [0.2, 0.25) is 5.91 Å². The van der Waals surface area contributed by atoms with Gasteiger partial charge in [-0.25, -0.2) is 4.99 Å². The first-order valence-corrected chi connectivity index (χ1v) is 9.05. The number of hydrogen-bond acceptors (Lipinski definition) is 3. The van der Waals surface area contributed by atoms with Crippen LogP contribution in [-0.2, 0) is 4.79 Å². The molecule has 0 aromatic heterocycles. The van der Waals surface area contributed by atoms with E-state index in [1.807, 2.05) is 18.2 Å². The lowest BCUT2D eigenvalue weighted by Crippen LogP contribution is -2.42. The Morgan fingerprint density at radius 3 is 2.42 bits per heavy atom. The van der Waals surface area contributed by atoms with Crippen molar-refractivity contribution in [3.63, 3.8) is 0 Å². The number of nitrogens with zero attached hydrogens (tertiary/aromatic N) is 2. The summed E-state index contributed by atoms with van der Waals surface area (Å²) >= 11 is 1.79. The minimum atomic E-state index is -0.0172. The van der Waals surface area contributed by atoms with Gasteiger partial charge in [0.25, 0.3) is 0 Å². The van der Waals surface area contributed by atoms with E-state index in [0.29, 0.717) is 11.2 Å². The molecule has 0 aliphatic heterocycles. The van der Waals surface area contributed by atoms with Crippen molar-refractivity contribution in [1.82, 2.24) is 15.5 Å². The van der Waals surface area contributed by atoms with Crippen LogP contribution in [0.25, 0.3) is 0 Å². The maximum absolute atomic E-state index is 11.8. The second-order valence-corrected chi connectivity index (χ2v) is 6.93. The van der Waals surface area contributed by atoms with Crippen LogP contribution in [0.15, 0.2) is 35.3 Å². The van der Waals surface area contributed by atoms with E-state index in [9.17, 15) is 4.79 Å². The lowest BCUT2D eigenvalue weighted by molar-refractivity contribution is -0.127. The Bertz CT molecular complexity index is 511. The summed E-state index contributed by atoms with van der Waals surface area (Å²) in [6, 6.07) is 10.3. The standard InChI is InChI=1S/C17H28N4OS.HI/c1-13(23-5)11-18-17(19-12-16(22)21(3)4)20-14(2)15-9-7-6-8-10-15;/h6-10,13-14H,11-12H2,1-5H3,(H2,18,19,20);1H. The van der Waals surface area contributed by atoms with Crippen molar-refractivity contribution in [1.29, 1.82) is 0 Å². The number of hydrogen-bond donors (Lipinski definition) is 2. The quantitative estimate of drug-likeness (QED) is 0.370. The number of amides is 1. The lowest BCUT2D eigenvalue weighted by atomic mass is 10.1. The average Bonchev–Trinajstić information content (AvgIpc) is 2.56. The molecule has 24 heavy (non-hydrogen) atoms. The van der Waals surface area contributed by atoms with Crippen molar-refractivity contribution in [2.45, 2.75) is 25.1 Å². The van der Waals surface area contributed by atoms with Gasteiger partial charge in [0, 0.05) is 25.9 Å². The van der Waals surface area contributed by atoms with E-state index in [1.165, 1.54) is 5.56 Å². The molecule has 0 bridgehead atoms. The number of benzene rings is 1. The summed E-state index contributed by atoms with van der Waals surface area (Å²) in [6.07, 6.45) is 2.08. The maximum Gasteiger partial charge on any atom is 0.243 e. The summed E-state index contributed by atoms with van der Waals surface area (Å²) in [5, 5.41) is 7.15. The Morgan fingerprint density at radius 2 is 1.88 bits per heavy atom. The second-order valence-electron chi connectivity index (χ2n) is 5.66. The molecule has 7 heteroatoms. The van der Waals surface area contributed by atoms with Crippen LogP contribution >= 0.6 is 35.7 Å². The highest BCUT2D eigenvalue weighted by molar-refractivity contribution is 14.0. The third-order valence-electron chi connectivity index (χ3n) is 3.48. The molecule has 0 saturated heterocycles. The number of nitrogens with one attached hydrogen (secondary N) is 2. The highest BCUT2D eigenvalue weighted by Crippen LogP contribution is 2.11. The first-order valence-electron chi connectivity index (χ1n) is 7.76. The van der Waals surface area contributed by atoms with Crippen molar-refractivity contribution >= 4 is 47.6 Å². The minimum absolute atomic E-state index is 0. The lowest BCUT2D eigenvalue weighted by Gasteiger charge is -2.20. The number of guanidine groups is 1. The average molecular weight is 464 g/mol. The highest BCUT2D eigenvalue weighted by atomic mass is 127. The smallest absolute Gasteiger partial charge is 0.243 e. The fourth-order valence-corrected chi connectivity index (χ4v) is 2.04. The third-order valence-corrected chi connectivity index (χ3v) is 4.45. The number of halogens is 1. The van der Waals surface area contributed by atoms with Gasteiger partial charge >= 0.3 is 0 Å².